The number of nitrogens with one attached hydrogen (secondary N) is 1. The molecule has 2 amide bonds. The molecule has 4 nitrogen and oxygen atoms in total. The lowest BCUT2D eigenvalue weighted by Crippen LogP contribution is -2.21. The van der Waals surface area contributed by atoms with E-state index in [2.05, 4.69) is 12.2 Å². The third-order valence-electron chi connectivity index (χ3n) is 3.77. The van der Waals surface area contributed by atoms with Crippen LogP contribution in [-0.2, 0) is 9.59 Å². The van der Waals surface area contributed by atoms with E-state index in [4.69, 9.17) is 4.74 Å². The number of benzene rings is 1. The van der Waals surface area contributed by atoms with E-state index in [9.17, 15) is 9.59 Å². The summed E-state index contributed by atoms with van der Waals surface area (Å²) in [6.45, 7) is 2.93. The second-order valence-corrected chi connectivity index (χ2v) is 5.50. The highest BCUT2D eigenvalue weighted by Crippen LogP contribution is 2.26. The van der Waals surface area contributed by atoms with E-state index >= 15 is 0 Å². The van der Waals surface area contributed by atoms with E-state index in [0.29, 0.717) is 0 Å². The lowest BCUT2D eigenvalue weighted by atomic mass is 9.98. The van der Waals surface area contributed by atoms with Crippen LogP contribution in [0.3, 0.4) is 0 Å². The molecule has 1 fully saturated rings. The second-order valence-electron chi connectivity index (χ2n) is 5.50. The summed E-state index contributed by atoms with van der Waals surface area (Å²) >= 11 is 0. The third-order valence-corrected chi connectivity index (χ3v) is 3.77. The van der Waals surface area contributed by atoms with Gasteiger partial charge >= 0.3 is 0 Å². The lowest BCUT2D eigenvalue weighted by molar-refractivity contribution is -0.125. The van der Waals surface area contributed by atoms with Gasteiger partial charge in [-0.3, -0.25) is 14.9 Å². The summed E-state index contributed by atoms with van der Waals surface area (Å²) in [7, 11) is 0. The predicted octanol–water partition coefficient (Wildman–Crippen LogP) is 3.17. The summed E-state index contributed by atoms with van der Waals surface area (Å²) in [6, 6.07) is 7.49. The predicted molar refractivity (Wildman–Crippen MR) is 81.2 cm³/mol. The van der Waals surface area contributed by atoms with Gasteiger partial charge in [-0.25, -0.2) is 0 Å². The van der Waals surface area contributed by atoms with Crippen molar-refractivity contribution in [1.29, 1.82) is 0 Å². The summed E-state index contributed by atoms with van der Waals surface area (Å²) in [6.07, 6.45) is 6.33. The Morgan fingerprint density at radius 3 is 2.43 bits per heavy atom. The molecule has 1 atom stereocenters. The van der Waals surface area contributed by atoms with E-state index in [-0.39, 0.29) is 24.2 Å². The standard InChI is InChI=1S/C17H23NO3/c1-2-3-4-5-6-11-21-14-9-7-13(8-10-14)15-12-16(19)18-17(15)20/h7-10,15H,2-6,11-12H2,1H3,(H,18,19,20)/t15-/m1/s1. The molecule has 1 saturated heterocycles. The van der Waals surface area contributed by atoms with Crippen molar-refractivity contribution in [2.45, 2.75) is 51.4 Å². The van der Waals surface area contributed by atoms with Gasteiger partial charge in [0, 0.05) is 6.42 Å². The second kappa shape index (κ2) is 7.81. The van der Waals surface area contributed by atoms with Crippen molar-refractivity contribution in [2.75, 3.05) is 6.61 Å². The van der Waals surface area contributed by atoms with Crippen molar-refractivity contribution in [1.82, 2.24) is 5.32 Å². The van der Waals surface area contributed by atoms with Gasteiger partial charge in [-0.2, -0.15) is 0 Å². The van der Waals surface area contributed by atoms with E-state index in [1.807, 2.05) is 24.3 Å². The molecule has 0 spiro atoms. The normalized spacial score (nSPS) is 17.9. The fraction of sp³-hybridized carbons (Fsp3) is 0.529. The van der Waals surface area contributed by atoms with Crippen LogP contribution in [-0.4, -0.2) is 18.4 Å². The van der Waals surface area contributed by atoms with Crippen LogP contribution in [0.4, 0.5) is 0 Å². The zero-order valence-corrected chi connectivity index (χ0v) is 12.6. The zero-order valence-electron chi connectivity index (χ0n) is 12.6. The average molecular weight is 289 g/mol. The molecule has 1 heterocycles. The van der Waals surface area contributed by atoms with Gasteiger partial charge in [0.25, 0.3) is 0 Å². The molecule has 0 aliphatic carbocycles. The molecule has 1 aliphatic rings. The van der Waals surface area contributed by atoms with Gasteiger partial charge in [-0.05, 0) is 24.1 Å². The quantitative estimate of drug-likeness (QED) is 0.591. The summed E-state index contributed by atoms with van der Waals surface area (Å²) in [4.78, 5) is 22.8. The molecule has 4 heteroatoms. The molecule has 0 saturated carbocycles. The van der Waals surface area contributed by atoms with Gasteiger partial charge in [0.1, 0.15) is 5.75 Å². The van der Waals surface area contributed by atoms with Crippen LogP contribution >= 0.6 is 0 Å². The molecule has 0 bridgehead atoms. The Hall–Kier alpha value is -1.84. The molecule has 1 aromatic carbocycles. The number of carbonyl (C=O) groups is 2. The minimum atomic E-state index is -0.347. The molecule has 21 heavy (non-hydrogen) atoms. The fourth-order valence-electron chi connectivity index (χ4n) is 2.51. The van der Waals surface area contributed by atoms with Crippen molar-refractivity contribution in [3.8, 4) is 5.75 Å². The Labute approximate surface area is 125 Å². The van der Waals surface area contributed by atoms with Crippen molar-refractivity contribution >= 4 is 11.8 Å². The minimum absolute atomic E-state index is 0.197. The zero-order chi connectivity index (χ0) is 15.1. The van der Waals surface area contributed by atoms with E-state index in [1.54, 1.807) is 0 Å². The fourth-order valence-corrected chi connectivity index (χ4v) is 2.51. The monoisotopic (exact) mass is 289 g/mol. The van der Waals surface area contributed by atoms with E-state index in [1.165, 1.54) is 25.7 Å². The number of ether oxygens (including phenoxy) is 1. The van der Waals surface area contributed by atoms with Gasteiger partial charge in [0.2, 0.25) is 11.8 Å². The Morgan fingerprint density at radius 1 is 1.10 bits per heavy atom. The maximum Gasteiger partial charge on any atom is 0.234 e. The van der Waals surface area contributed by atoms with Gasteiger partial charge in [0.05, 0.1) is 12.5 Å². The number of hydrogen-bond donors (Lipinski definition) is 1. The minimum Gasteiger partial charge on any atom is -0.494 e. The molecule has 0 radical (unpaired) electrons. The summed E-state index contributed by atoms with van der Waals surface area (Å²) in [5.41, 5.74) is 0.869. The molecule has 0 aromatic heterocycles. The number of amides is 2. The summed E-state index contributed by atoms with van der Waals surface area (Å²) < 4.78 is 5.68. The van der Waals surface area contributed by atoms with Crippen molar-refractivity contribution in [2.24, 2.45) is 0 Å². The Morgan fingerprint density at radius 2 is 1.81 bits per heavy atom. The summed E-state index contributed by atoms with van der Waals surface area (Å²) in [5, 5.41) is 2.33. The van der Waals surface area contributed by atoms with Gasteiger partial charge in [-0.15, -0.1) is 0 Å². The molecule has 114 valence electrons. The van der Waals surface area contributed by atoms with Crippen molar-refractivity contribution < 1.29 is 14.3 Å². The number of imide groups is 1. The number of hydrogen-bond acceptors (Lipinski definition) is 3. The van der Waals surface area contributed by atoms with E-state index < -0.39 is 0 Å². The smallest absolute Gasteiger partial charge is 0.234 e. The number of rotatable bonds is 8. The van der Waals surface area contributed by atoms with Crippen molar-refractivity contribution in [3.63, 3.8) is 0 Å². The molecular weight excluding hydrogens is 266 g/mol. The van der Waals surface area contributed by atoms with Crippen LogP contribution < -0.4 is 10.1 Å². The highest BCUT2D eigenvalue weighted by Gasteiger charge is 2.31. The first-order valence-electron chi connectivity index (χ1n) is 7.77. The van der Waals surface area contributed by atoms with Gasteiger partial charge in [-0.1, -0.05) is 44.7 Å². The first-order valence-corrected chi connectivity index (χ1v) is 7.77. The molecule has 2 rings (SSSR count). The Bertz CT molecular complexity index is 481. The highest BCUT2D eigenvalue weighted by molar-refractivity contribution is 6.06. The maximum absolute atomic E-state index is 11.6. The number of carbonyl (C=O) groups excluding carboxylic acids is 2. The molecule has 1 aromatic rings. The average Bonchev–Trinajstić information content (AvgIpc) is 2.82. The topological polar surface area (TPSA) is 55.4 Å². The summed E-state index contributed by atoms with van der Waals surface area (Å²) in [5.74, 6) is 0.0709. The Kier molecular flexibility index (Phi) is 5.78. The van der Waals surface area contributed by atoms with E-state index in [0.717, 1.165) is 24.3 Å². The molecular formula is C17H23NO3. The largest absolute Gasteiger partial charge is 0.494 e. The first kappa shape index (κ1) is 15.5. The lowest BCUT2D eigenvalue weighted by Gasteiger charge is -2.09. The maximum atomic E-state index is 11.6. The molecule has 0 unspecified atom stereocenters. The van der Waals surface area contributed by atoms with Crippen LogP contribution in [0.25, 0.3) is 0 Å². The van der Waals surface area contributed by atoms with Crippen LogP contribution in [0.2, 0.25) is 0 Å². The molecule has 1 aliphatic heterocycles. The van der Waals surface area contributed by atoms with Gasteiger partial charge < -0.3 is 4.74 Å². The SMILES string of the molecule is CCCCCCCOc1ccc([C@H]2CC(=O)NC2=O)cc1. The van der Waals surface area contributed by atoms with Crippen molar-refractivity contribution in [3.05, 3.63) is 29.8 Å². The van der Waals surface area contributed by atoms with Crippen LogP contribution in [0.1, 0.15) is 56.9 Å². The highest BCUT2D eigenvalue weighted by atomic mass is 16.5. The first-order chi connectivity index (χ1) is 10.2. The van der Waals surface area contributed by atoms with Crippen LogP contribution in [0.5, 0.6) is 5.75 Å². The molecule has 1 N–H and O–H groups in total. The van der Waals surface area contributed by atoms with Crippen LogP contribution in [0.15, 0.2) is 24.3 Å². The van der Waals surface area contributed by atoms with Gasteiger partial charge in [0.15, 0.2) is 0 Å². The number of unbranched alkanes of at least 4 members (excludes halogenated alkanes) is 4. The Balaban J connectivity index is 1.77. The third kappa shape index (κ3) is 4.59. The van der Waals surface area contributed by atoms with Crippen LogP contribution in [0, 0.1) is 0 Å².